The number of aliphatic hydroxyl groups is 4. The molecule has 1 saturated carbocycles. The number of phenolic OH excluding ortho intramolecular Hbond substituents is 1. The molecule has 0 radical (unpaired) electrons. The minimum Gasteiger partial charge on any atom is -0.508 e. The molecule has 0 bridgehead atoms. The van der Waals surface area contributed by atoms with E-state index in [4.69, 9.17) is 17.3 Å². The first kappa shape index (κ1) is 23.2. The predicted octanol–water partition coefficient (Wildman–Crippen LogP) is -1.13. The lowest BCUT2D eigenvalue weighted by Crippen LogP contribution is -3.13. The van der Waals surface area contributed by atoms with E-state index in [1.807, 2.05) is 0 Å². The molecule has 176 valence electrons. The van der Waals surface area contributed by atoms with Gasteiger partial charge >= 0.3 is 0 Å². The molecular weight excluding hydrogens is 456 g/mol. The van der Waals surface area contributed by atoms with Crippen molar-refractivity contribution in [2.24, 2.45) is 17.6 Å². The molecule has 10 nitrogen and oxygen atoms in total. The Morgan fingerprint density at radius 3 is 2.33 bits per heavy atom. The maximum atomic E-state index is 13.7. The van der Waals surface area contributed by atoms with Gasteiger partial charge in [0.05, 0.1) is 31.2 Å². The van der Waals surface area contributed by atoms with Gasteiger partial charge in [-0.15, -0.1) is 0 Å². The van der Waals surface area contributed by atoms with Gasteiger partial charge in [0.1, 0.15) is 22.8 Å². The number of ketones is 2. The first-order chi connectivity index (χ1) is 15.2. The summed E-state index contributed by atoms with van der Waals surface area (Å²) in [7, 11) is 3.14. The second-order valence-electron chi connectivity index (χ2n) is 9.22. The van der Waals surface area contributed by atoms with E-state index in [0.717, 1.165) is 0 Å². The molecule has 0 aliphatic heterocycles. The number of fused-ring (bicyclic) bond motifs is 3. The summed E-state index contributed by atoms with van der Waals surface area (Å²) >= 11 is 6.28. The molecular formula is C22H24ClN2O8+. The second-order valence-corrected chi connectivity index (χ2v) is 9.63. The van der Waals surface area contributed by atoms with E-state index in [1.165, 1.54) is 19.1 Å². The number of halogens is 1. The van der Waals surface area contributed by atoms with Crippen molar-refractivity contribution in [1.82, 2.24) is 0 Å². The molecule has 0 heterocycles. The van der Waals surface area contributed by atoms with Gasteiger partial charge in [0, 0.05) is 22.1 Å². The molecule has 33 heavy (non-hydrogen) atoms. The van der Waals surface area contributed by atoms with Crippen LogP contribution >= 0.6 is 11.6 Å². The number of nitrogens with one attached hydrogen (secondary N) is 1. The molecule has 3 aliphatic rings. The van der Waals surface area contributed by atoms with Gasteiger partial charge in [-0.05, 0) is 25.5 Å². The number of hydrogen-bond acceptors (Lipinski definition) is 8. The lowest BCUT2D eigenvalue weighted by Gasteiger charge is -2.52. The minimum absolute atomic E-state index is 0.0119. The normalized spacial score (nSPS) is 33.7. The number of carbonyl (C=O) groups is 3. The molecule has 3 aliphatic carbocycles. The van der Waals surface area contributed by atoms with Gasteiger partial charge in [0.2, 0.25) is 11.6 Å². The number of rotatable bonds is 2. The molecule has 4 rings (SSSR count). The number of carbonyl (C=O) groups excluding carboxylic acids is 3. The van der Waals surface area contributed by atoms with Gasteiger partial charge in [0.25, 0.3) is 5.91 Å². The van der Waals surface area contributed by atoms with Crippen LogP contribution in [0.3, 0.4) is 0 Å². The highest BCUT2D eigenvalue weighted by Gasteiger charge is 2.68. The number of hydrogen-bond donors (Lipinski definition) is 7. The highest BCUT2D eigenvalue weighted by molar-refractivity contribution is 6.32. The smallest absolute Gasteiger partial charge is 0.256 e. The summed E-state index contributed by atoms with van der Waals surface area (Å²) in [5.41, 5.74) is -1.02. The van der Waals surface area contributed by atoms with Crippen LogP contribution in [-0.4, -0.2) is 68.7 Å². The third-order valence-electron chi connectivity index (χ3n) is 7.17. The third kappa shape index (κ3) is 2.75. The van der Waals surface area contributed by atoms with E-state index in [9.17, 15) is 39.9 Å². The molecule has 0 saturated heterocycles. The summed E-state index contributed by atoms with van der Waals surface area (Å²) in [4.78, 5) is 39.2. The fourth-order valence-corrected chi connectivity index (χ4v) is 6.02. The monoisotopic (exact) mass is 479 g/mol. The van der Waals surface area contributed by atoms with Crippen molar-refractivity contribution < 1.29 is 44.8 Å². The molecule has 1 aromatic rings. The molecule has 5 atom stereocenters. The fraction of sp³-hybridized carbons (Fsp3) is 0.409. The molecule has 5 unspecified atom stereocenters. The number of nitrogens with two attached hydrogens (primary N) is 1. The number of benzene rings is 1. The summed E-state index contributed by atoms with van der Waals surface area (Å²) in [6.07, 6.45) is -0.238. The Morgan fingerprint density at radius 2 is 1.79 bits per heavy atom. The van der Waals surface area contributed by atoms with Gasteiger partial charge < -0.3 is 36.2 Å². The Balaban J connectivity index is 2.07. The van der Waals surface area contributed by atoms with Crippen LogP contribution in [0.25, 0.3) is 5.76 Å². The zero-order valence-electron chi connectivity index (χ0n) is 18.0. The van der Waals surface area contributed by atoms with E-state index in [0.29, 0.717) is 4.90 Å². The maximum Gasteiger partial charge on any atom is 0.256 e. The molecule has 0 spiro atoms. The van der Waals surface area contributed by atoms with Crippen molar-refractivity contribution in [2.45, 2.75) is 30.6 Å². The Morgan fingerprint density at radius 1 is 1.18 bits per heavy atom. The van der Waals surface area contributed by atoms with Crippen LogP contribution in [0.2, 0.25) is 5.02 Å². The predicted molar refractivity (Wildman–Crippen MR) is 114 cm³/mol. The average molecular weight is 480 g/mol. The van der Waals surface area contributed by atoms with Gasteiger partial charge in [-0.2, -0.15) is 0 Å². The zero-order valence-corrected chi connectivity index (χ0v) is 18.8. The second kappa shape index (κ2) is 7.04. The Hall–Kier alpha value is -2.92. The largest absolute Gasteiger partial charge is 0.508 e. The van der Waals surface area contributed by atoms with Gasteiger partial charge in [-0.1, -0.05) is 11.6 Å². The summed E-state index contributed by atoms with van der Waals surface area (Å²) < 4.78 is 0. The Labute approximate surface area is 193 Å². The Kier molecular flexibility index (Phi) is 4.96. The van der Waals surface area contributed by atoms with Crippen LogP contribution in [0.1, 0.15) is 24.5 Å². The van der Waals surface area contributed by atoms with Crippen LogP contribution < -0.4 is 10.6 Å². The minimum atomic E-state index is -2.76. The van der Waals surface area contributed by atoms with E-state index in [-0.39, 0.29) is 22.6 Å². The molecule has 0 aromatic heterocycles. The van der Waals surface area contributed by atoms with E-state index < -0.39 is 75.0 Å². The number of aliphatic hydroxyl groups excluding tert-OH is 2. The number of primary amides is 1. The lowest BCUT2D eigenvalue weighted by molar-refractivity contribution is -0.880. The van der Waals surface area contributed by atoms with Crippen molar-refractivity contribution in [3.63, 3.8) is 0 Å². The number of quaternary nitrogens is 1. The number of aromatic hydroxyl groups is 1. The summed E-state index contributed by atoms with van der Waals surface area (Å²) in [6, 6.07) is 1.33. The topological polar surface area (TPSA) is 183 Å². The summed E-state index contributed by atoms with van der Waals surface area (Å²) in [5.74, 6) is -8.16. The number of likely N-dealkylation sites (N-methyl/N-ethyl adjacent to an activating group) is 1. The van der Waals surface area contributed by atoms with Crippen molar-refractivity contribution in [1.29, 1.82) is 0 Å². The van der Waals surface area contributed by atoms with Crippen LogP contribution in [0.4, 0.5) is 0 Å². The SMILES string of the molecule is C[NH+](C)C1C(=O)C(C(N)=O)=C(O)C2(O)C(=O)C3=C(O)c4c(O)ccc(Cl)c4C(C)(O)C3CC12. The first-order valence-corrected chi connectivity index (χ1v) is 10.6. The maximum absolute atomic E-state index is 13.7. The standard InChI is InChI=1S/C22H23ClN2O8/c1-21(32)7-6-8-15(25(2)3)17(28)13(20(24)31)19(30)22(8,33)18(29)11(7)16(27)12-10(26)5-4-9(23)14(12)21/h4-5,7-8,15,26-27,30,32-33H,6H2,1-3H3,(H2,24,31)/p+1. The first-order valence-electron chi connectivity index (χ1n) is 10.2. The van der Waals surface area contributed by atoms with E-state index >= 15 is 0 Å². The lowest BCUT2D eigenvalue weighted by atomic mass is 9.54. The molecule has 11 heteroatoms. The van der Waals surface area contributed by atoms with Crippen LogP contribution in [-0.2, 0) is 20.0 Å². The van der Waals surface area contributed by atoms with E-state index in [1.54, 1.807) is 14.1 Å². The molecule has 1 fully saturated rings. The quantitative estimate of drug-likeness (QED) is 0.260. The van der Waals surface area contributed by atoms with Crippen molar-refractivity contribution in [2.75, 3.05) is 14.1 Å². The van der Waals surface area contributed by atoms with Crippen LogP contribution in [0.5, 0.6) is 5.75 Å². The number of Topliss-reactive ketones (excluding diaryl/α,β-unsaturated/α-hetero) is 2. The summed E-state index contributed by atoms with van der Waals surface area (Å²) in [5, 5.41) is 55.2. The van der Waals surface area contributed by atoms with Gasteiger partial charge in [-0.3, -0.25) is 14.4 Å². The van der Waals surface area contributed by atoms with Gasteiger partial charge in [-0.25, -0.2) is 0 Å². The average Bonchev–Trinajstić information content (AvgIpc) is 2.69. The molecule has 1 amide bonds. The fourth-order valence-electron chi connectivity index (χ4n) is 5.68. The van der Waals surface area contributed by atoms with Crippen LogP contribution in [0, 0.1) is 11.8 Å². The number of amides is 1. The van der Waals surface area contributed by atoms with Gasteiger partial charge in [0.15, 0.2) is 11.6 Å². The van der Waals surface area contributed by atoms with Crippen LogP contribution in [0.15, 0.2) is 29.0 Å². The summed E-state index contributed by atoms with van der Waals surface area (Å²) in [6.45, 7) is 1.35. The van der Waals surface area contributed by atoms with Crippen molar-refractivity contribution >= 4 is 34.8 Å². The number of phenols is 1. The molecule has 1 aromatic carbocycles. The molecule has 8 N–H and O–H groups in total. The Bertz CT molecular complexity index is 1200. The third-order valence-corrected chi connectivity index (χ3v) is 7.49. The highest BCUT2D eigenvalue weighted by atomic mass is 35.5. The van der Waals surface area contributed by atoms with Crippen molar-refractivity contribution in [3.8, 4) is 5.75 Å². The van der Waals surface area contributed by atoms with Crippen molar-refractivity contribution in [3.05, 3.63) is 45.2 Å². The van der Waals surface area contributed by atoms with E-state index in [2.05, 4.69) is 0 Å². The zero-order chi connectivity index (χ0) is 24.8. The highest BCUT2D eigenvalue weighted by Crippen LogP contribution is 2.57.